The van der Waals surface area contributed by atoms with E-state index in [1.54, 1.807) is 0 Å². The lowest BCUT2D eigenvalue weighted by Gasteiger charge is -2.45. The highest BCUT2D eigenvalue weighted by Crippen LogP contribution is 2.44. The van der Waals surface area contributed by atoms with Crippen molar-refractivity contribution >= 4 is 16.5 Å². The van der Waals surface area contributed by atoms with E-state index in [-0.39, 0.29) is 0 Å². The van der Waals surface area contributed by atoms with Crippen LogP contribution in [0.15, 0.2) is 0 Å². The lowest BCUT2D eigenvalue weighted by atomic mass is 9.84. The van der Waals surface area contributed by atoms with Gasteiger partial charge in [-0.15, -0.1) is 11.3 Å². The maximum atomic E-state index is 5.93. The first-order chi connectivity index (χ1) is 10.3. The Morgan fingerprint density at radius 3 is 2.86 bits per heavy atom. The fourth-order valence-electron chi connectivity index (χ4n) is 4.13. The van der Waals surface area contributed by atoms with Crippen molar-refractivity contribution in [3.05, 3.63) is 10.6 Å². The zero-order valence-electron chi connectivity index (χ0n) is 12.9. The average molecular weight is 306 g/mol. The van der Waals surface area contributed by atoms with Crippen molar-refractivity contribution in [2.75, 3.05) is 31.6 Å². The van der Waals surface area contributed by atoms with Crippen LogP contribution < -0.4 is 10.6 Å². The molecule has 3 aliphatic rings. The van der Waals surface area contributed by atoms with E-state index < -0.39 is 0 Å². The van der Waals surface area contributed by atoms with Crippen LogP contribution in [0.25, 0.3) is 0 Å². The molecule has 4 rings (SSSR count). The summed E-state index contributed by atoms with van der Waals surface area (Å²) in [4.78, 5) is 11.4. The van der Waals surface area contributed by atoms with Gasteiger partial charge in [-0.3, -0.25) is 0 Å². The van der Waals surface area contributed by atoms with Crippen LogP contribution >= 0.6 is 11.3 Å². The second kappa shape index (κ2) is 5.52. The first kappa shape index (κ1) is 14.0. The molecule has 21 heavy (non-hydrogen) atoms. The van der Waals surface area contributed by atoms with Gasteiger partial charge in [0.05, 0.1) is 5.69 Å². The third-order valence-electron chi connectivity index (χ3n) is 5.48. The first-order valence-electron chi connectivity index (χ1n) is 8.41. The van der Waals surface area contributed by atoms with Gasteiger partial charge in [0.25, 0.3) is 0 Å². The highest BCUT2D eigenvalue weighted by atomic mass is 32.1. The molecule has 2 unspecified atom stereocenters. The summed E-state index contributed by atoms with van der Waals surface area (Å²) in [5.41, 5.74) is 7.25. The summed E-state index contributed by atoms with van der Waals surface area (Å²) < 4.78 is 0. The zero-order valence-corrected chi connectivity index (χ0v) is 13.7. The summed E-state index contributed by atoms with van der Waals surface area (Å²) in [6.45, 7) is 4.29. The van der Waals surface area contributed by atoms with Crippen LogP contribution in [0.3, 0.4) is 0 Å². The average Bonchev–Trinajstić information content (AvgIpc) is 3.26. The minimum Gasteiger partial charge on any atom is -0.348 e. The van der Waals surface area contributed by atoms with Crippen molar-refractivity contribution in [3.63, 3.8) is 0 Å². The molecule has 1 aromatic rings. The Hall–Kier alpha value is -0.650. The van der Waals surface area contributed by atoms with Crippen molar-refractivity contribution in [3.8, 4) is 0 Å². The number of hydrogen-bond donors (Lipinski definition) is 1. The maximum Gasteiger partial charge on any atom is 0.185 e. The molecule has 2 N–H and O–H groups in total. The predicted molar refractivity (Wildman–Crippen MR) is 88.0 cm³/mol. The van der Waals surface area contributed by atoms with Crippen molar-refractivity contribution in [2.45, 2.75) is 50.6 Å². The Balaban J connectivity index is 1.52. The second-order valence-corrected chi connectivity index (χ2v) is 8.03. The lowest BCUT2D eigenvalue weighted by molar-refractivity contribution is 0.102. The number of anilines is 1. The van der Waals surface area contributed by atoms with Gasteiger partial charge >= 0.3 is 0 Å². The standard InChI is InChI=1S/C16H26N4S/c1-19-7-2-3-12-10-20(8-6-13(12)19)16-18-15(11-4-5-11)14(9-17)21-16/h11-13H,2-10,17H2,1H3. The van der Waals surface area contributed by atoms with E-state index >= 15 is 0 Å². The number of thiazole rings is 1. The molecule has 4 nitrogen and oxygen atoms in total. The molecule has 1 saturated carbocycles. The van der Waals surface area contributed by atoms with Crippen LogP contribution in [0.1, 0.15) is 48.6 Å². The Morgan fingerprint density at radius 1 is 1.24 bits per heavy atom. The van der Waals surface area contributed by atoms with Crippen molar-refractivity contribution < 1.29 is 0 Å². The number of rotatable bonds is 3. The third kappa shape index (κ3) is 2.60. The van der Waals surface area contributed by atoms with Crippen LogP contribution in [0, 0.1) is 5.92 Å². The summed E-state index contributed by atoms with van der Waals surface area (Å²) in [6.07, 6.45) is 6.65. The number of fused-ring (bicyclic) bond motifs is 1. The summed E-state index contributed by atoms with van der Waals surface area (Å²) in [7, 11) is 2.30. The molecule has 0 spiro atoms. The molecular formula is C16H26N4S. The fraction of sp³-hybridized carbons (Fsp3) is 0.812. The van der Waals surface area contributed by atoms with E-state index in [0.29, 0.717) is 12.5 Å². The van der Waals surface area contributed by atoms with E-state index in [1.807, 2.05) is 11.3 Å². The molecule has 0 bridgehead atoms. The largest absolute Gasteiger partial charge is 0.348 e. The molecule has 1 aliphatic carbocycles. The molecule has 2 atom stereocenters. The molecule has 3 fully saturated rings. The van der Waals surface area contributed by atoms with Crippen LogP contribution in [0.2, 0.25) is 0 Å². The molecule has 2 aliphatic heterocycles. The van der Waals surface area contributed by atoms with Gasteiger partial charge in [0.1, 0.15) is 0 Å². The third-order valence-corrected chi connectivity index (χ3v) is 6.64. The minimum absolute atomic E-state index is 0.659. The van der Waals surface area contributed by atoms with Gasteiger partial charge in [0.15, 0.2) is 5.13 Å². The molecule has 0 aromatic carbocycles. The quantitative estimate of drug-likeness (QED) is 0.931. The topological polar surface area (TPSA) is 45.4 Å². The van der Waals surface area contributed by atoms with Crippen molar-refractivity contribution in [1.82, 2.24) is 9.88 Å². The van der Waals surface area contributed by atoms with Crippen molar-refractivity contribution in [2.24, 2.45) is 11.7 Å². The highest BCUT2D eigenvalue weighted by molar-refractivity contribution is 7.15. The van der Waals surface area contributed by atoms with E-state index in [9.17, 15) is 0 Å². The van der Waals surface area contributed by atoms with E-state index in [0.717, 1.165) is 18.5 Å². The molecular weight excluding hydrogens is 280 g/mol. The maximum absolute atomic E-state index is 5.93. The molecule has 5 heteroatoms. The number of nitrogens with zero attached hydrogens (tertiary/aromatic N) is 3. The lowest BCUT2D eigenvalue weighted by Crippen LogP contribution is -2.52. The summed E-state index contributed by atoms with van der Waals surface area (Å²) in [6, 6.07) is 0.798. The molecule has 1 aromatic heterocycles. The monoisotopic (exact) mass is 306 g/mol. The van der Waals surface area contributed by atoms with Crippen LogP contribution in [-0.4, -0.2) is 42.6 Å². The molecule has 3 heterocycles. The van der Waals surface area contributed by atoms with Gasteiger partial charge in [-0.1, -0.05) is 0 Å². The highest BCUT2D eigenvalue weighted by Gasteiger charge is 2.36. The van der Waals surface area contributed by atoms with Gasteiger partial charge in [-0.05, 0) is 51.6 Å². The number of likely N-dealkylation sites (tertiary alicyclic amines) is 1. The number of hydrogen-bond acceptors (Lipinski definition) is 5. The SMILES string of the molecule is CN1CCCC2CN(c3nc(C4CC4)c(CN)s3)CCC21. The van der Waals surface area contributed by atoms with Crippen LogP contribution in [-0.2, 0) is 6.54 Å². The zero-order chi connectivity index (χ0) is 14.4. The van der Waals surface area contributed by atoms with Crippen molar-refractivity contribution in [1.29, 1.82) is 0 Å². The molecule has 0 amide bonds. The van der Waals surface area contributed by atoms with Crippen LogP contribution in [0.4, 0.5) is 5.13 Å². The van der Waals surface area contributed by atoms with Gasteiger partial charge in [0, 0.05) is 36.5 Å². The Morgan fingerprint density at radius 2 is 2.10 bits per heavy atom. The van der Waals surface area contributed by atoms with Gasteiger partial charge in [-0.2, -0.15) is 0 Å². The Bertz CT molecular complexity index is 510. The number of aromatic nitrogens is 1. The normalized spacial score (nSPS) is 30.5. The van der Waals surface area contributed by atoms with Gasteiger partial charge < -0.3 is 15.5 Å². The summed E-state index contributed by atoms with van der Waals surface area (Å²) in [5, 5.41) is 1.24. The molecule has 2 saturated heterocycles. The summed E-state index contributed by atoms with van der Waals surface area (Å²) >= 11 is 1.85. The van der Waals surface area contributed by atoms with Gasteiger partial charge in [-0.25, -0.2) is 4.98 Å². The molecule has 116 valence electrons. The van der Waals surface area contributed by atoms with E-state index in [4.69, 9.17) is 10.7 Å². The minimum atomic E-state index is 0.659. The smallest absolute Gasteiger partial charge is 0.185 e. The summed E-state index contributed by atoms with van der Waals surface area (Å²) in [5.74, 6) is 1.54. The van der Waals surface area contributed by atoms with E-state index in [1.165, 1.54) is 60.9 Å². The van der Waals surface area contributed by atoms with E-state index in [2.05, 4.69) is 16.8 Å². The molecule has 0 radical (unpaired) electrons. The Labute approximate surface area is 131 Å². The number of nitrogens with two attached hydrogens (primary N) is 1. The second-order valence-electron chi connectivity index (χ2n) is 6.97. The Kier molecular flexibility index (Phi) is 3.67. The predicted octanol–water partition coefficient (Wildman–Crippen LogP) is 2.40. The fourth-order valence-corrected chi connectivity index (χ4v) is 5.19. The first-order valence-corrected chi connectivity index (χ1v) is 9.22. The number of piperidine rings is 2. The van der Waals surface area contributed by atoms with Crippen LogP contribution in [0.5, 0.6) is 0 Å². The van der Waals surface area contributed by atoms with Gasteiger partial charge in [0.2, 0.25) is 0 Å².